The molecule has 1 aromatic heterocycles. The van der Waals surface area contributed by atoms with Gasteiger partial charge in [0.25, 0.3) is 0 Å². The summed E-state index contributed by atoms with van der Waals surface area (Å²) in [7, 11) is 0. The molecule has 0 aromatic carbocycles. The third-order valence-electron chi connectivity index (χ3n) is 3.17. The zero-order valence-corrected chi connectivity index (χ0v) is 11.7. The van der Waals surface area contributed by atoms with E-state index in [0.29, 0.717) is 11.7 Å². The number of aliphatic hydroxyl groups excluding tert-OH is 1. The Morgan fingerprint density at radius 2 is 2.17 bits per heavy atom. The molecule has 0 unspecified atom stereocenters. The molecule has 0 spiro atoms. The highest BCUT2D eigenvalue weighted by molar-refractivity contribution is 7.11. The summed E-state index contributed by atoms with van der Waals surface area (Å²) in [5.74, 6) is 1.63. The van der Waals surface area contributed by atoms with Gasteiger partial charge >= 0.3 is 0 Å². The molecule has 0 bridgehead atoms. The molecule has 0 amide bonds. The molecule has 2 rings (SSSR count). The van der Waals surface area contributed by atoms with Crippen molar-refractivity contribution in [1.29, 1.82) is 0 Å². The number of nitrogens with zero attached hydrogens (tertiary/aromatic N) is 2. The smallest absolute Gasteiger partial charge is 0.198 e. The second-order valence-corrected chi connectivity index (χ2v) is 5.73. The summed E-state index contributed by atoms with van der Waals surface area (Å²) in [6, 6.07) is 0. The van der Waals surface area contributed by atoms with E-state index in [1.54, 1.807) is 0 Å². The fourth-order valence-corrected chi connectivity index (χ4v) is 2.95. The predicted octanol–water partition coefficient (Wildman–Crippen LogP) is 1.72. The molecule has 6 heteroatoms. The highest BCUT2D eigenvalue weighted by Gasteiger charge is 2.24. The number of ether oxygens (including phenoxy) is 1. The zero-order valence-electron chi connectivity index (χ0n) is 10.9. The molecule has 1 saturated heterocycles. The summed E-state index contributed by atoms with van der Waals surface area (Å²) >= 11 is 1.40. The predicted molar refractivity (Wildman–Crippen MR) is 74.3 cm³/mol. The Kier molecular flexibility index (Phi) is 4.29. The molecular formula is C12H21N3O2S. The van der Waals surface area contributed by atoms with Crippen LogP contribution in [-0.4, -0.2) is 35.3 Å². The summed E-state index contributed by atoms with van der Waals surface area (Å²) < 4.78 is 9.94. The highest BCUT2D eigenvalue weighted by Crippen LogP contribution is 2.40. The Bertz CT molecular complexity index is 387. The van der Waals surface area contributed by atoms with Crippen LogP contribution in [0.5, 0.6) is 5.75 Å². The lowest BCUT2D eigenvalue weighted by molar-refractivity contribution is 0.202. The standard InChI is InChI=1S/C12H21N3O2S/c1-8(2)17-10-11(13)14-18-12(10)15-5-3-9(7-16)4-6-15/h8-9,16H,3-7H2,1-2H3,(H2,13,14). The van der Waals surface area contributed by atoms with Crippen molar-refractivity contribution < 1.29 is 9.84 Å². The van der Waals surface area contributed by atoms with Gasteiger partial charge < -0.3 is 20.5 Å². The molecule has 1 fully saturated rings. The monoisotopic (exact) mass is 271 g/mol. The molecule has 18 heavy (non-hydrogen) atoms. The minimum Gasteiger partial charge on any atom is -0.484 e. The van der Waals surface area contributed by atoms with E-state index in [1.165, 1.54) is 11.5 Å². The number of aromatic nitrogens is 1. The second kappa shape index (κ2) is 5.75. The largest absolute Gasteiger partial charge is 0.484 e. The number of anilines is 2. The Morgan fingerprint density at radius 1 is 1.50 bits per heavy atom. The zero-order chi connectivity index (χ0) is 13.1. The first-order valence-electron chi connectivity index (χ1n) is 6.39. The Labute approximate surface area is 112 Å². The minimum atomic E-state index is 0.0948. The maximum Gasteiger partial charge on any atom is 0.198 e. The van der Waals surface area contributed by atoms with Crippen molar-refractivity contribution in [3.05, 3.63) is 0 Å². The normalized spacial score (nSPS) is 17.4. The summed E-state index contributed by atoms with van der Waals surface area (Å²) in [5.41, 5.74) is 5.86. The number of hydrogen-bond acceptors (Lipinski definition) is 6. The molecule has 1 aliphatic heterocycles. The van der Waals surface area contributed by atoms with Crippen molar-refractivity contribution in [2.75, 3.05) is 30.3 Å². The van der Waals surface area contributed by atoms with Crippen LogP contribution < -0.4 is 15.4 Å². The number of aliphatic hydroxyl groups is 1. The molecule has 1 aliphatic rings. The van der Waals surface area contributed by atoms with Crippen LogP contribution >= 0.6 is 11.5 Å². The lowest BCUT2D eigenvalue weighted by Gasteiger charge is -2.32. The van der Waals surface area contributed by atoms with E-state index < -0.39 is 0 Å². The lowest BCUT2D eigenvalue weighted by Crippen LogP contribution is -2.34. The number of piperidine rings is 1. The van der Waals surface area contributed by atoms with Gasteiger partial charge in [-0.1, -0.05) is 0 Å². The molecule has 0 atom stereocenters. The van der Waals surface area contributed by atoms with Crippen molar-refractivity contribution in [3.8, 4) is 5.75 Å². The maximum atomic E-state index is 9.15. The Balaban J connectivity index is 2.09. The third-order valence-corrected chi connectivity index (χ3v) is 4.08. The van der Waals surface area contributed by atoms with Crippen molar-refractivity contribution in [1.82, 2.24) is 4.37 Å². The van der Waals surface area contributed by atoms with Crippen LogP contribution in [0.1, 0.15) is 26.7 Å². The van der Waals surface area contributed by atoms with Crippen molar-refractivity contribution in [2.45, 2.75) is 32.8 Å². The van der Waals surface area contributed by atoms with Crippen LogP contribution in [0.2, 0.25) is 0 Å². The summed E-state index contributed by atoms with van der Waals surface area (Å²) in [6.07, 6.45) is 2.11. The van der Waals surface area contributed by atoms with Gasteiger partial charge in [0.15, 0.2) is 16.6 Å². The van der Waals surface area contributed by atoms with Gasteiger partial charge in [-0.2, -0.15) is 4.37 Å². The van der Waals surface area contributed by atoms with E-state index in [2.05, 4.69) is 9.27 Å². The number of nitrogen functional groups attached to an aromatic ring is 1. The number of nitrogens with two attached hydrogens (primary N) is 1. The van der Waals surface area contributed by atoms with Gasteiger partial charge in [-0.25, -0.2) is 0 Å². The molecule has 2 heterocycles. The van der Waals surface area contributed by atoms with E-state index in [4.69, 9.17) is 15.6 Å². The fraction of sp³-hybridized carbons (Fsp3) is 0.750. The van der Waals surface area contributed by atoms with Gasteiger partial charge in [0, 0.05) is 19.7 Å². The van der Waals surface area contributed by atoms with E-state index in [-0.39, 0.29) is 12.7 Å². The van der Waals surface area contributed by atoms with Crippen LogP contribution in [0.25, 0.3) is 0 Å². The molecule has 0 aliphatic carbocycles. The molecule has 1 aromatic rings. The maximum absolute atomic E-state index is 9.15. The van der Waals surface area contributed by atoms with Crippen LogP contribution in [0.3, 0.4) is 0 Å². The van der Waals surface area contributed by atoms with Gasteiger partial charge in [-0.05, 0) is 44.1 Å². The number of hydrogen-bond donors (Lipinski definition) is 2. The van der Waals surface area contributed by atoms with Crippen LogP contribution in [0.15, 0.2) is 0 Å². The van der Waals surface area contributed by atoms with E-state index in [1.807, 2.05) is 13.8 Å². The first-order valence-corrected chi connectivity index (χ1v) is 7.16. The second-order valence-electron chi connectivity index (χ2n) is 4.98. The Hall–Kier alpha value is -1.01. The summed E-state index contributed by atoms with van der Waals surface area (Å²) in [6.45, 7) is 6.12. The molecule has 3 N–H and O–H groups in total. The third kappa shape index (κ3) is 2.87. The molecule has 5 nitrogen and oxygen atoms in total. The SMILES string of the molecule is CC(C)Oc1c(N)nsc1N1CCC(CO)CC1. The van der Waals surface area contributed by atoms with Crippen molar-refractivity contribution in [2.24, 2.45) is 5.92 Å². The lowest BCUT2D eigenvalue weighted by atomic mass is 9.98. The van der Waals surface area contributed by atoms with Crippen LogP contribution in [-0.2, 0) is 0 Å². The van der Waals surface area contributed by atoms with Crippen LogP contribution in [0.4, 0.5) is 10.8 Å². The van der Waals surface area contributed by atoms with E-state index >= 15 is 0 Å². The van der Waals surface area contributed by atoms with Gasteiger partial charge in [-0.3, -0.25) is 0 Å². The van der Waals surface area contributed by atoms with E-state index in [0.717, 1.165) is 36.7 Å². The first kappa shape index (κ1) is 13.4. The quantitative estimate of drug-likeness (QED) is 0.872. The Morgan fingerprint density at radius 3 is 2.72 bits per heavy atom. The molecular weight excluding hydrogens is 250 g/mol. The average molecular weight is 271 g/mol. The highest BCUT2D eigenvalue weighted by atomic mass is 32.1. The minimum absolute atomic E-state index is 0.0948. The molecule has 0 saturated carbocycles. The topological polar surface area (TPSA) is 71.6 Å². The molecule has 0 radical (unpaired) electrons. The van der Waals surface area contributed by atoms with E-state index in [9.17, 15) is 0 Å². The summed E-state index contributed by atoms with van der Waals surface area (Å²) in [5, 5.41) is 10.2. The van der Waals surface area contributed by atoms with Crippen LogP contribution in [0, 0.1) is 5.92 Å². The summed E-state index contributed by atoms with van der Waals surface area (Å²) in [4.78, 5) is 2.26. The molecule has 102 valence electrons. The fourth-order valence-electron chi connectivity index (χ4n) is 2.15. The average Bonchev–Trinajstić information content (AvgIpc) is 2.71. The van der Waals surface area contributed by atoms with Gasteiger partial charge in [0.05, 0.1) is 6.10 Å². The van der Waals surface area contributed by atoms with Gasteiger partial charge in [0.1, 0.15) is 0 Å². The van der Waals surface area contributed by atoms with Gasteiger partial charge in [-0.15, -0.1) is 0 Å². The number of rotatable bonds is 4. The first-order chi connectivity index (χ1) is 8.61. The van der Waals surface area contributed by atoms with Crippen molar-refractivity contribution >= 4 is 22.4 Å². The van der Waals surface area contributed by atoms with Crippen molar-refractivity contribution in [3.63, 3.8) is 0 Å². The van der Waals surface area contributed by atoms with Gasteiger partial charge in [0.2, 0.25) is 0 Å².